The summed E-state index contributed by atoms with van der Waals surface area (Å²) in [6.45, 7) is 5.48. The molecule has 0 unspecified atom stereocenters. The smallest absolute Gasteiger partial charge is 0.450 e. The number of para-hydroxylation sites is 1. The maximum atomic E-state index is 14.3. The first kappa shape index (κ1) is 31.5. The number of esters is 1. The van der Waals surface area contributed by atoms with Crippen molar-refractivity contribution < 1.29 is 46.1 Å². The number of nitrogens with one attached hydrogen (secondary N) is 2. The zero-order valence-electron chi connectivity index (χ0n) is 25.4. The maximum absolute atomic E-state index is 14.3. The Morgan fingerprint density at radius 2 is 1.70 bits per heavy atom. The molecule has 244 valence electrons. The quantitative estimate of drug-likeness (QED) is 0.152. The summed E-state index contributed by atoms with van der Waals surface area (Å²) in [7, 11) is 0. The number of carbonyl (C=O) groups excluding carboxylic acids is 2. The molecule has 1 amide bonds. The van der Waals surface area contributed by atoms with Gasteiger partial charge in [0.15, 0.2) is 11.5 Å². The predicted octanol–water partition coefficient (Wildman–Crippen LogP) is 6.77. The average molecular weight is 651 g/mol. The number of ether oxygens (including phenoxy) is 4. The van der Waals surface area contributed by atoms with Gasteiger partial charge in [0.1, 0.15) is 36.2 Å². The minimum Gasteiger partial charge on any atom is -0.486 e. The van der Waals surface area contributed by atoms with Gasteiger partial charge in [0.05, 0.1) is 10.9 Å². The zero-order valence-corrected chi connectivity index (χ0v) is 25.4. The highest BCUT2D eigenvalue weighted by Gasteiger charge is 2.40. The van der Waals surface area contributed by atoms with E-state index in [1.165, 1.54) is 30.3 Å². The van der Waals surface area contributed by atoms with E-state index < -0.39 is 52.2 Å². The minimum absolute atomic E-state index is 0.00185. The molecule has 2 N–H and O–H groups in total. The molecule has 0 saturated heterocycles. The third-order valence-corrected chi connectivity index (χ3v) is 7.25. The molecule has 0 radical (unpaired) electrons. The number of alkyl halides is 3. The summed E-state index contributed by atoms with van der Waals surface area (Å²) in [6.07, 6.45) is -4.22. The Hall–Kier alpha value is -5.46. The van der Waals surface area contributed by atoms with Gasteiger partial charge in [-0.15, -0.1) is 0 Å². The Morgan fingerprint density at radius 3 is 2.45 bits per heavy atom. The number of carbonyl (C=O) groups is 2. The van der Waals surface area contributed by atoms with Gasteiger partial charge in [0.25, 0.3) is 0 Å². The van der Waals surface area contributed by atoms with Crippen molar-refractivity contribution in [2.24, 2.45) is 0 Å². The lowest BCUT2D eigenvalue weighted by atomic mass is 10.0. The third kappa shape index (κ3) is 6.74. The first-order valence-electron chi connectivity index (χ1n) is 14.6. The fourth-order valence-corrected chi connectivity index (χ4v) is 5.25. The van der Waals surface area contributed by atoms with Crippen molar-refractivity contribution in [2.75, 3.05) is 13.2 Å². The van der Waals surface area contributed by atoms with Gasteiger partial charge in [-0.1, -0.05) is 24.3 Å². The first-order valence-corrected chi connectivity index (χ1v) is 14.6. The number of aromatic nitrogens is 1. The van der Waals surface area contributed by atoms with Gasteiger partial charge in [-0.25, -0.2) is 9.59 Å². The number of halogens is 3. The lowest BCUT2D eigenvalue weighted by Gasteiger charge is -2.23. The Morgan fingerprint density at radius 1 is 0.957 bits per heavy atom. The summed E-state index contributed by atoms with van der Waals surface area (Å²) in [6, 6.07) is 13.6. The molecular weight excluding hydrogens is 621 g/mol. The molecule has 0 spiro atoms. The van der Waals surface area contributed by atoms with Crippen molar-refractivity contribution in [2.45, 2.75) is 45.0 Å². The van der Waals surface area contributed by atoms with Gasteiger partial charge in [0, 0.05) is 29.6 Å². The van der Waals surface area contributed by atoms with Gasteiger partial charge >= 0.3 is 18.2 Å². The molecule has 10 nitrogen and oxygen atoms in total. The van der Waals surface area contributed by atoms with Crippen LogP contribution in [0, 0.1) is 0 Å². The first-order chi connectivity index (χ1) is 22.3. The summed E-state index contributed by atoms with van der Waals surface area (Å²) in [4.78, 5) is 42.8. The van der Waals surface area contributed by atoms with Crippen LogP contribution < -0.4 is 25.0 Å². The van der Waals surface area contributed by atoms with Gasteiger partial charge in [-0.05, 0) is 62.2 Å². The van der Waals surface area contributed by atoms with Gasteiger partial charge in [-0.2, -0.15) is 13.2 Å². The molecule has 3 heterocycles. The summed E-state index contributed by atoms with van der Waals surface area (Å²) >= 11 is 0. The second-order valence-electron chi connectivity index (χ2n) is 11.8. The maximum Gasteiger partial charge on any atom is 0.450 e. The van der Waals surface area contributed by atoms with Crippen LogP contribution in [0.25, 0.3) is 33.0 Å². The Labute approximate surface area is 265 Å². The molecular formula is C34H29F3N2O8. The monoisotopic (exact) mass is 650 g/mol. The standard InChI is InChI=1S/C34H29F3N2O8/c1-33(2,3)47-32(42)39-24(14-19-17-38-23-7-5-4-6-21(19)23)31(41)45-20-9-10-22-26(16-20)46-30(34(35,36)37)28(29(22)40)18-8-11-25-27(15-18)44-13-12-43-25/h4-11,15-17,24,38H,12-14H2,1-3H3,(H,39,42)/t24-/m1/s1. The highest BCUT2D eigenvalue weighted by Crippen LogP contribution is 2.41. The largest absolute Gasteiger partial charge is 0.486 e. The Bertz CT molecular complexity index is 2060. The number of benzene rings is 3. The molecule has 13 heteroatoms. The number of amides is 1. The van der Waals surface area contributed by atoms with Gasteiger partial charge in [-0.3, -0.25) is 4.79 Å². The lowest BCUT2D eigenvalue weighted by Crippen LogP contribution is -2.46. The molecule has 5 aromatic rings. The molecule has 3 aromatic carbocycles. The molecule has 1 aliphatic heterocycles. The predicted molar refractivity (Wildman–Crippen MR) is 165 cm³/mol. The number of aromatic amines is 1. The number of fused-ring (bicyclic) bond motifs is 3. The topological polar surface area (TPSA) is 129 Å². The summed E-state index contributed by atoms with van der Waals surface area (Å²) < 4.78 is 70.0. The molecule has 47 heavy (non-hydrogen) atoms. The molecule has 0 saturated carbocycles. The Balaban J connectivity index is 1.34. The summed E-state index contributed by atoms with van der Waals surface area (Å²) in [5.41, 5.74) is -1.52. The van der Waals surface area contributed by atoms with E-state index in [0.29, 0.717) is 11.3 Å². The van der Waals surface area contributed by atoms with E-state index in [1.807, 2.05) is 24.3 Å². The second-order valence-corrected chi connectivity index (χ2v) is 11.8. The van der Waals surface area contributed by atoms with Crippen molar-refractivity contribution in [3.63, 3.8) is 0 Å². The van der Waals surface area contributed by atoms with Crippen LogP contribution >= 0.6 is 0 Å². The van der Waals surface area contributed by atoms with Crippen LogP contribution in [0.15, 0.2) is 76.1 Å². The van der Waals surface area contributed by atoms with Crippen molar-refractivity contribution in [1.82, 2.24) is 10.3 Å². The van der Waals surface area contributed by atoms with E-state index in [4.69, 9.17) is 23.4 Å². The van der Waals surface area contributed by atoms with Crippen molar-refractivity contribution in [3.8, 4) is 28.4 Å². The molecule has 0 bridgehead atoms. The molecule has 0 aliphatic carbocycles. The lowest BCUT2D eigenvalue weighted by molar-refractivity contribution is -0.152. The molecule has 1 aliphatic rings. The van der Waals surface area contributed by atoms with Crippen LogP contribution in [0.5, 0.6) is 17.2 Å². The number of H-pyrrole nitrogens is 1. The number of rotatable bonds is 6. The average Bonchev–Trinajstić information content (AvgIpc) is 3.41. The van der Waals surface area contributed by atoms with Crippen LogP contribution in [0.1, 0.15) is 32.1 Å². The SMILES string of the molecule is CC(C)(C)OC(=O)N[C@H](Cc1c[nH]c2ccccc12)C(=O)Oc1ccc2c(=O)c(-c3ccc4c(c3)OCCO4)c(C(F)(F)F)oc2c1. The summed E-state index contributed by atoms with van der Waals surface area (Å²) in [5, 5.41) is 3.17. The van der Waals surface area contributed by atoms with E-state index >= 15 is 0 Å². The Kier molecular flexibility index (Phi) is 8.08. The van der Waals surface area contributed by atoms with Crippen LogP contribution in [-0.2, 0) is 22.1 Å². The number of hydrogen-bond acceptors (Lipinski definition) is 8. The van der Waals surface area contributed by atoms with Crippen LogP contribution in [0.4, 0.5) is 18.0 Å². The fourth-order valence-electron chi connectivity index (χ4n) is 5.25. The van der Waals surface area contributed by atoms with E-state index in [0.717, 1.165) is 17.0 Å². The van der Waals surface area contributed by atoms with E-state index in [9.17, 15) is 27.6 Å². The second kappa shape index (κ2) is 12.0. The van der Waals surface area contributed by atoms with Crippen LogP contribution in [0.3, 0.4) is 0 Å². The molecule has 6 rings (SSSR count). The van der Waals surface area contributed by atoms with E-state index in [1.54, 1.807) is 27.0 Å². The van der Waals surface area contributed by atoms with Crippen molar-refractivity contribution >= 4 is 33.9 Å². The van der Waals surface area contributed by atoms with E-state index in [-0.39, 0.29) is 42.1 Å². The molecule has 0 fully saturated rings. The highest BCUT2D eigenvalue weighted by atomic mass is 19.4. The normalized spacial score (nSPS) is 13.7. The number of hydrogen-bond donors (Lipinski definition) is 2. The van der Waals surface area contributed by atoms with E-state index in [2.05, 4.69) is 10.3 Å². The zero-order chi connectivity index (χ0) is 33.5. The van der Waals surface area contributed by atoms with Crippen molar-refractivity contribution in [3.05, 3.63) is 88.4 Å². The van der Waals surface area contributed by atoms with Gasteiger partial charge < -0.3 is 33.7 Å². The van der Waals surface area contributed by atoms with Crippen LogP contribution in [0.2, 0.25) is 0 Å². The third-order valence-electron chi connectivity index (χ3n) is 7.25. The van der Waals surface area contributed by atoms with Crippen LogP contribution in [-0.4, -0.2) is 41.9 Å². The van der Waals surface area contributed by atoms with Gasteiger partial charge in [0.2, 0.25) is 11.2 Å². The highest BCUT2D eigenvalue weighted by molar-refractivity contribution is 5.88. The molecule has 2 aromatic heterocycles. The fraction of sp³-hybridized carbons (Fsp3) is 0.265. The summed E-state index contributed by atoms with van der Waals surface area (Å²) in [5.74, 6) is -2.12. The minimum atomic E-state index is -5.05. The molecule has 1 atom stereocenters. The van der Waals surface area contributed by atoms with Crippen molar-refractivity contribution in [1.29, 1.82) is 0 Å². The number of alkyl carbamates (subject to hydrolysis) is 1.